The minimum Gasteiger partial charge on any atom is -0.384 e. The van der Waals surface area contributed by atoms with E-state index in [2.05, 4.69) is 10.6 Å². The van der Waals surface area contributed by atoms with Crippen molar-refractivity contribution in [1.82, 2.24) is 14.9 Å². The third-order valence-corrected chi connectivity index (χ3v) is 7.19. The zero-order chi connectivity index (χ0) is 19.7. The van der Waals surface area contributed by atoms with Crippen LogP contribution in [0.4, 0.5) is 0 Å². The number of ether oxygens (including phenoxy) is 1. The summed E-state index contributed by atoms with van der Waals surface area (Å²) in [7, 11) is -2.24. The Balaban J connectivity index is 1.78. The SMILES string of the molecule is CCN1C(=O)c2ccc(C(=O)NCC3(COC)CCNCC3)cc2S1(=O)=O. The first kappa shape index (κ1) is 19.8. The molecule has 3 rings (SSSR count). The van der Waals surface area contributed by atoms with Gasteiger partial charge in [-0.3, -0.25) is 9.59 Å². The van der Waals surface area contributed by atoms with Gasteiger partial charge < -0.3 is 15.4 Å². The molecule has 2 aliphatic rings. The van der Waals surface area contributed by atoms with Crippen LogP contribution in [0.15, 0.2) is 23.1 Å². The van der Waals surface area contributed by atoms with Crippen molar-refractivity contribution in [3.8, 4) is 0 Å². The van der Waals surface area contributed by atoms with Crippen molar-refractivity contribution in [1.29, 1.82) is 0 Å². The number of benzene rings is 1. The van der Waals surface area contributed by atoms with Crippen molar-refractivity contribution in [3.05, 3.63) is 29.3 Å². The maximum Gasteiger partial charge on any atom is 0.268 e. The Kier molecular flexibility index (Phi) is 5.55. The average molecular weight is 395 g/mol. The molecule has 0 unspecified atom stereocenters. The number of sulfonamides is 1. The Morgan fingerprint density at radius 3 is 2.67 bits per heavy atom. The number of piperidine rings is 1. The second kappa shape index (κ2) is 7.57. The van der Waals surface area contributed by atoms with Gasteiger partial charge >= 0.3 is 0 Å². The molecule has 2 aliphatic heterocycles. The first-order valence-electron chi connectivity index (χ1n) is 9.04. The van der Waals surface area contributed by atoms with Crippen molar-refractivity contribution < 1.29 is 22.7 Å². The van der Waals surface area contributed by atoms with Gasteiger partial charge in [0.05, 0.1) is 12.2 Å². The van der Waals surface area contributed by atoms with E-state index in [0.29, 0.717) is 13.2 Å². The summed E-state index contributed by atoms with van der Waals surface area (Å²) in [6.45, 7) is 4.39. The number of fused-ring (bicyclic) bond motifs is 1. The van der Waals surface area contributed by atoms with Crippen LogP contribution in [-0.2, 0) is 14.8 Å². The quantitative estimate of drug-likeness (QED) is 0.731. The molecule has 0 saturated carbocycles. The lowest BCUT2D eigenvalue weighted by molar-refractivity contribution is 0.0511. The highest BCUT2D eigenvalue weighted by Gasteiger charge is 2.40. The van der Waals surface area contributed by atoms with Crippen LogP contribution in [0.3, 0.4) is 0 Å². The lowest BCUT2D eigenvalue weighted by Crippen LogP contribution is -2.47. The molecule has 1 saturated heterocycles. The number of nitrogens with zero attached hydrogens (tertiary/aromatic N) is 1. The monoisotopic (exact) mass is 395 g/mol. The molecule has 0 atom stereocenters. The van der Waals surface area contributed by atoms with Crippen LogP contribution in [-0.4, -0.2) is 64.4 Å². The number of methoxy groups -OCH3 is 1. The third-order valence-electron chi connectivity index (χ3n) is 5.29. The molecule has 2 heterocycles. The van der Waals surface area contributed by atoms with E-state index in [1.807, 2.05) is 0 Å². The van der Waals surface area contributed by atoms with Crippen molar-refractivity contribution in [3.63, 3.8) is 0 Å². The smallest absolute Gasteiger partial charge is 0.268 e. The standard InChI is InChI=1S/C18H25N3O5S/c1-3-21-17(23)14-5-4-13(10-15(14)27(21,24)25)16(22)20-11-18(12-26-2)6-8-19-9-7-18/h4-5,10,19H,3,6-9,11-12H2,1-2H3,(H,20,22). The molecule has 0 aromatic heterocycles. The largest absolute Gasteiger partial charge is 0.384 e. The van der Waals surface area contributed by atoms with Crippen molar-refractivity contribution in [2.75, 3.05) is 39.9 Å². The average Bonchev–Trinajstić information content (AvgIpc) is 2.86. The molecule has 1 aromatic carbocycles. The summed E-state index contributed by atoms with van der Waals surface area (Å²) < 4.78 is 31.2. The van der Waals surface area contributed by atoms with Crippen molar-refractivity contribution >= 4 is 21.8 Å². The second-order valence-corrected chi connectivity index (χ2v) is 8.88. The number of amides is 2. The summed E-state index contributed by atoms with van der Waals surface area (Å²) >= 11 is 0. The van der Waals surface area contributed by atoms with E-state index < -0.39 is 15.9 Å². The minimum absolute atomic E-state index is 0.0605. The van der Waals surface area contributed by atoms with Gasteiger partial charge in [0.15, 0.2) is 0 Å². The molecule has 0 spiro atoms. The Bertz CT molecular complexity index is 841. The van der Waals surface area contributed by atoms with Crippen LogP contribution in [0.5, 0.6) is 0 Å². The number of hydrogen-bond acceptors (Lipinski definition) is 6. The van der Waals surface area contributed by atoms with E-state index in [9.17, 15) is 18.0 Å². The highest BCUT2D eigenvalue weighted by molar-refractivity contribution is 7.90. The molecule has 2 amide bonds. The summed E-state index contributed by atoms with van der Waals surface area (Å²) in [6.07, 6.45) is 1.78. The number of nitrogens with one attached hydrogen (secondary N) is 2. The normalized spacial score (nSPS) is 20.4. The fourth-order valence-electron chi connectivity index (χ4n) is 3.73. The Morgan fingerprint density at radius 1 is 1.33 bits per heavy atom. The van der Waals surface area contributed by atoms with E-state index in [1.165, 1.54) is 18.2 Å². The lowest BCUT2D eigenvalue weighted by atomic mass is 9.79. The third kappa shape index (κ3) is 3.59. The summed E-state index contributed by atoms with van der Waals surface area (Å²) in [5.41, 5.74) is 0.208. The molecule has 1 aromatic rings. The molecule has 0 radical (unpaired) electrons. The van der Waals surface area contributed by atoms with Gasteiger partial charge in [0.25, 0.3) is 21.8 Å². The fourth-order valence-corrected chi connectivity index (χ4v) is 5.34. The van der Waals surface area contributed by atoms with Gasteiger partial charge in [0.1, 0.15) is 4.90 Å². The highest BCUT2D eigenvalue weighted by Crippen LogP contribution is 2.31. The number of carbonyl (C=O) groups excluding carboxylic acids is 2. The van der Waals surface area contributed by atoms with Crippen LogP contribution in [0, 0.1) is 5.41 Å². The maximum absolute atomic E-state index is 12.6. The van der Waals surface area contributed by atoms with Crippen LogP contribution in [0.1, 0.15) is 40.5 Å². The van der Waals surface area contributed by atoms with Gasteiger partial charge in [0.2, 0.25) is 0 Å². The Morgan fingerprint density at radius 2 is 2.04 bits per heavy atom. The van der Waals surface area contributed by atoms with E-state index in [4.69, 9.17) is 4.74 Å². The Hall–Kier alpha value is -1.97. The van der Waals surface area contributed by atoms with E-state index >= 15 is 0 Å². The molecule has 8 nitrogen and oxygen atoms in total. The molecule has 148 valence electrons. The molecule has 2 N–H and O–H groups in total. The van der Waals surface area contributed by atoms with Crippen LogP contribution < -0.4 is 10.6 Å². The van der Waals surface area contributed by atoms with Crippen LogP contribution >= 0.6 is 0 Å². The predicted molar refractivity (Wildman–Crippen MR) is 99.1 cm³/mol. The van der Waals surface area contributed by atoms with Gasteiger partial charge in [0, 0.05) is 31.2 Å². The van der Waals surface area contributed by atoms with E-state index in [0.717, 1.165) is 30.2 Å². The number of rotatable bonds is 6. The molecule has 1 fully saturated rings. The van der Waals surface area contributed by atoms with Crippen molar-refractivity contribution in [2.24, 2.45) is 5.41 Å². The summed E-state index contributed by atoms with van der Waals surface area (Å²) in [5, 5.41) is 6.21. The zero-order valence-electron chi connectivity index (χ0n) is 15.6. The summed E-state index contributed by atoms with van der Waals surface area (Å²) in [4.78, 5) is 24.7. The molecular formula is C18H25N3O5S. The zero-order valence-corrected chi connectivity index (χ0v) is 16.4. The van der Waals surface area contributed by atoms with Gasteiger partial charge in [-0.25, -0.2) is 12.7 Å². The maximum atomic E-state index is 12.6. The molecule has 0 bridgehead atoms. The van der Waals surface area contributed by atoms with E-state index in [-0.39, 0.29) is 33.9 Å². The van der Waals surface area contributed by atoms with Gasteiger partial charge in [-0.05, 0) is 51.1 Å². The second-order valence-electron chi connectivity index (χ2n) is 7.05. The van der Waals surface area contributed by atoms with E-state index in [1.54, 1.807) is 14.0 Å². The Labute approximate surface area is 159 Å². The topological polar surface area (TPSA) is 105 Å². The summed E-state index contributed by atoms with van der Waals surface area (Å²) in [5.74, 6) is -0.905. The lowest BCUT2D eigenvalue weighted by Gasteiger charge is -2.37. The van der Waals surface area contributed by atoms with Gasteiger partial charge in [-0.15, -0.1) is 0 Å². The highest BCUT2D eigenvalue weighted by atomic mass is 32.2. The summed E-state index contributed by atoms with van der Waals surface area (Å²) in [6, 6.07) is 4.19. The number of carbonyl (C=O) groups is 2. The van der Waals surface area contributed by atoms with Gasteiger partial charge in [-0.1, -0.05) is 0 Å². The first-order valence-corrected chi connectivity index (χ1v) is 10.5. The molecule has 27 heavy (non-hydrogen) atoms. The fraction of sp³-hybridized carbons (Fsp3) is 0.556. The molecular weight excluding hydrogens is 370 g/mol. The number of hydrogen-bond donors (Lipinski definition) is 2. The van der Waals surface area contributed by atoms with Crippen LogP contribution in [0.2, 0.25) is 0 Å². The first-order chi connectivity index (χ1) is 12.8. The van der Waals surface area contributed by atoms with Gasteiger partial charge in [-0.2, -0.15) is 0 Å². The predicted octanol–water partition coefficient (Wildman–Crippen LogP) is 0.597. The molecule has 0 aliphatic carbocycles. The minimum atomic E-state index is -3.88. The molecule has 9 heteroatoms. The van der Waals surface area contributed by atoms with Crippen molar-refractivity contribution in [2.45, 2.75) is 24.7 Å². The van der Waals surface area contributed by atoms with Crippen LogP contribution in [0.25, 0.3) is 0 Å².